The third kappa shape index (κ3) is 1.82. The van der Waals surface area contributed by atoms with Crippen LogP contribution in [0.2, 0.25) is 0 Å². The molecule has 1 aromatic carbocycles. The van der Waals surface area contributed by atoms with E-state index in [1.807, 2.05) is 37.4 Å². The number of H-pyrrole nitrogens is 1. The fourth-order valence-electron chi connectivity index (χ4n) is 1.82. The molecule has 90 valence electrons. The van der Waals surface area contributed by atoms with E-state index in [1.54, 1.807) is 0 Å². The molecule has 0 atom stereocenters. The van der Waals surface area contributed by atoms with Gasteiger partial charge in [0.2, 0.25) is 0 Å². The molecule has 0 aliphatic carbocycles. The first-order valence-corrected chi connectivity index (χ1v) is 6.44. The van der Waals surface area contributed by atoms with E-state index in [0.717, 1.165) is 16.3 Å². The third-order valence-electron chi connectivity index (χ3n) is 2.68. The van der Waals surface area contributed by atoms with E-state index in [9.17, 15) is 4.79 Å². The topological polar surface area (TPSA) is 58.6 Å². The number of aryl methyl sites for hydroxylation is 2. The van der Waals surface area contributed by atoms with Gasteiger partial charge in [-0.05, 0) is 26.0 Å². The maximum atomic E-state index is 12.0. The molecule has 3 rings (SSSR count). The van der Waals surface area contributed by atoms with Gasteiger partial charge in [0.1, 0.15) is 0 Å². The van der Waals surface area contributed by atoms with Gasteiger partial charge in [0.15, 0.2) is 10.8 Å². The monoisotopic (exact) mass is 257 g/mol. The van der Waals surface area contributed by atoms with E-state index in [4.69, 9.17) is 0 Å². The molecule has 2 aromatic heterocycles. The molecule has 0 spiro atoms. The average molecular weight is 257 g/mol. The molecular formula is C13H11N3OS. The number of rotatable bonds is 1. The minimum Gasteiger partial charge on any atom is -0.304 e. The molecule has 0 radical (unpaired) electrons. The standard InChI is InChI=1S/C13H11N3OS/c1-7-3-4-10-9(5-7)12(17)16-11(15-10)13-14-8(2)6-18-13/h3-6H,1-2H3,(H,15,16,17). The van der Waals surface area contributed by atoms with Crippen LogP contribution >= 0.6 is 11.3 Å². The molecular weight excluding hydrogens is 246 g/mol. The molecule has 18 heavy (non-hydrogen) atoms. The summed E-state index contributed by atoms with van der Waals surface area (Å²) >= 11 is 1.48. The highest BCUT2D eigenvalue weighted by atomic mass is 32.1. The molecule has 0 fully saturated rings. The Morgan fingerprint density at radius 2 is 2.06 bits per heavy atom. The lowest BCUT2D eigenvalue weighted by Crippen LogP contribution is -2.09. The molecule has 0 amide bonds. The van der Waals surface area contributed by atoms with Crippen LogP contribution in [0.15, 0.2) is 28.4 Å². The number of thiazole rings is 1. The molecule has 0 aliphatic rings. The van der Waals surface area contributed by atoms with Crippen molar-refractivity contribution in [1.29, 1.82) is 0 Å². The first-order valence-electron chi connectivity index (χ1n) is 5.57. The van der Waals surface area contributed by atoms with Crippen LogP contribution in [-0.2, 0) is 0 Å². The van der Waals surface area contributed by atoms with Crippen molar-refractivity contribution in [2.24, 2.45) is 0 Å². The largest absolute Gasteiger partial charge is 0.304 e. The van der Waals surface area contributed by atoms with Crippen LogP contribution in [0.4, 0.5) is 0 Å². The number of benzene rings is 1. The first kappa shape index (κ1) is 11.1. The van der Waals surface area contributed by atoms with Gasteiger partial charge in [0.05, 0.1) is 10.9 Å². The fourth-order valence-corrected chi connectivity index (χ4v) is 2.56. The predicted octanol–water partition coefficient (Wildman–Crippen LogP) is 2.66. The van der Waals surface area contributed by atoms with Crippen molar-refractivity contribution in [3.63, 3.8) is 0 Å². The van der Waals surface area contributed by atoms with E-state index in [1.165, 1.54) is 11.3 Å². The van der Waals surface area contributed by atoms with Crippen LogP contribution in [-0.4, -0.2) is 15.0 Å². The van der Waals surface area contributed by atoms with Crippen molar-refractivity contribution in [2.45, 2.75) is 13.8 Å². The summed E-state index contributed by atoms with van der Waals surface area (Å²) in [4.78, 5) is 23.6. The van der Waals surface area contributed by atoms with Gasteiger partial charge in [-0.2, -0.15) is 0 Å². The van der Waals surface area contributed by atoms with E-state index in [-0.39, 0.29) is 5.56 Å². The molecule has 3 aromatic rings. The van der Waals surface area contributed by atoms with Crippen molar-refractivity contribution in [2.75, 3.05) is 0 Å². The Kier molecular flexibility index (Phi) is 2.48. The minimum absolute atomic E-state index is 0.119. The number of nitrogens with zero attached hydrogens (tertiary/aromatic N) is 2. The molecule has 0 saturated carbocycles. The smallest absolute Gasteiger partial charge is 0.259 e. The van der Waals surface area contributed by atoms with Crippen LogP contribution in [0.1, 0.15) is 11.3 Å². The number of aromatic nitrogens is 3. The second-order valence-electron chi connectivity index (χ2n) is 4.23. The highest BCUT2D eigenvalue weighted by molar-refractivity contribution is 7.13. The fraction of sp³-hybridized carbons (Fsp3) is 0.154. The van der Waals surface area contributed by atoms with Gasteiger partial charge in [-0.3, -0.25) is 4.79 Å². The highest BCUT2D eigenvalue weighted by Crippen LogP contribution is 2.20. The predicted molar refractivity (Wildman–Crippen MR) is 72.9 cm³/mol. The molecule has 0 bridgehead atoms. The quantitative estimate of drug-likeness (QED) is 0.729. The number of nitrogens with one attached hydrogen (secondary N) is 1. The van der Waals surface area contributed by atoms with E-state index in [2.05, 4.69) is 15.0 Å². The Morgan fingerprint density at radius 1 is 1.22 bits per heavy atom. The van der Waals surface area contributed by atoms with Crippen LogP contribution in [0.25, 0.3) is 21.7 Å². The Bertz CT molecular complexity index is 788. The number of aromatic amines is 1. The number of hydrogen-bond donors (Lipinski definition) is 1. The SMILES string of the molecule is Cc1ccc2nc(-c3nc(C)cs3)[nH]c(=O)c2c1. The second-order valence-corrected chi connectivity index (χ2v) is 5.09. The molecule has 0 unspecified atom stereocenters. The third-order valence-corrected chi connectivity index (χ3v) is 3.65. The summed E-state index contributed by atoms with van der Waals surface area (Å²) in [6, 6.07) is 5.66. The van der Waals surface area contributed by atoms with Gasteiger partial charge in [-0.1, -0.05) is 11.6 Å². The van der Waals surface area contributed by atoms with E-state index in [0.29, 0.717) is 16.7 Å². The molecule has 5 heteroatoms. The van der Waals surface area contributed by atoms with E-state index < -0.39 is 0 Å². The Hall–Kier alpha value is -2.01. The molecule has 1 N–H and O–H groups in total. The van der Waals surface area contributed by atoms with Crippen LogP contribution in [0.5, 0.6) is 0 Å². The summed E-state index contributed by atoms with van der Waals surface area (Å²) in [7, 11) is 0. The summed E-state index contributed by atoms with van der Waals surface area (Å²) in [6.07, 6.45) is 0. The van der Waals surface area contributed by atoms with Crippen molar-refractivity contribution in [3.8, 4) is 10.8 Å². The van der Waals surface area contributed by atoms with Crippen molar-refractivity contribution in [1.82, 2.24) is 15.0 Å². The molecule has 0 saturated heterocycles. The number of hydrogen-bond acceptors (Lipinski definition) is 4. The molecule has 2 heterocycles. The van der Waals surface area contributed by atoms with Crippen LogP contribution in [0.3, 0.4) is 0 Å². The van der Waals surface area contributed by atoms with Gasteiger partial charge in [0, 0.05) is 11.1 Å². The average Bonchev–Trinajstić information content (AvgIpc) is 2.77. The lowest BCUT2D eigenvalue weighted by molar-refractivity contribution is 1.15. The van der Waals surface area contributed by atoms with Crippen molar-refractivity contribution < 1.29 is 0 Å². The zero-order valence-electron chi connectivity index (χ0n) is 10.0. The van der Waals surface area contributed by atoms with Gasteiger partial charge in [0.25, 0.3) is 5.56 Å². The van der Waals surface area contributed by atoms with Gasteiger partial charge < -0.3 is 4.98 Å². The highest BCUT2D eigenvalue weighted by Gasteiger charge is 2.08. The first-order chi connectivity index (χ1) is 8.63. The zero-order valence-corrected chi connectivity index (χ0v) is 10.8. The summed E-state index contributed by atoms with van der Waals surface area (Å²) in [5.74, 6) is 0.537. The maximum Gasteiger partial charge on any atom is 0.259 e. The lowest BCUT2D eigenvalue weighted by atomic mass is 10.2. The van der Waals surface area contributed by atoms with Crippen molar-refractivity contribution >= 4 is 22.2 Å². The maximum absolute atomic E-state index is 12.0. The van der Waals surface area contributed by atoms with Crippen LogP contribution in [0, 0.1) is 13.8 Å². The Labute approximate surface area is 107 Å². The van der Waals surface area contributed by atoms with Gasteiger partial charge in [-0.15, -0.1) is 11.3 Å². The number of fused-ring (bicyclic) bond motifs is 1. The minimum atomic E-state index is -0.119. The van der Waals surface area contributed by atoms with E-state index >= 15 is 0 Å². The molecule has 4 nitrogen and oxygen atoms in total. The van der Waals surface area contributed by atoms with Gasteiger partial charge in [-0.25, -0.2) is 9.97 Å². The van der Waals surface area contributed by atoms with Crippen molar-refractivity contribution in [3.05, 3.63) is 45.2 Å². The summed E-state index contributed by atoms with van der Waals surface area (Å²) in [5, 5.41) is 3.30. The zero-order chi connectivity index (χ0) is 12.7. The summed E-state index contributed by atoms with van der Waals surface area (Å²) in [6.45, 7) is 3.87. The summed E-state index contributed by atoms with van der Waals surface area (Å²) < 4.78 is 0. The lowest BCUT2D eigenvalue weighted by Gasteiger charge is -2.01. The van der Waals surface area contributed by atoms with Crippen LogP contribution < -0.4 is 5.56 Å². The Balaban J connectivity index is 2.28. The second kappa shape index (κ2) is 4.03. The molecule has 0 aliphatic heterocycles. The Morgan fingerprint density at radius 3 is 2.78 bits per heavy atom. The normalized spacial score (nSPS) is 11.0. The summed E-state index contributed by atoms with van der Waals surface area (Å²) in [5.41, 5.74) is 2.56. The van der Waals surface area contributed by atoms with Gasteiger partial charge >= 0.3 is 0 Å².